The number of hydrogen-bond donors (Lipinski definition) is 1. The second-order valence-corrected chi connectivity index (χ2v) is 7.18. The van der Waals surface area contributed by atoms with E-state index in [1.54, 1.807) is 0 Å². The van der Waals surface area contributed by atoms with Crippen molar-refractivity contribution in [2.75, 3.05) is 6.61 Å². The van der Waals surface area contributed by atoms with Crippen LogP contribution in [0.25, 0.3) is 0 Å². The van der Waals surface area contributed by atoms with Crippen molar-refractivity contribution in [1.82, 2.24) is 0 Å². The topological polar surface area (TPSA) is 37.3 Å². The molecular weight excluding hydrogens is 212 g/mol. The Balaban J connectivity index is 2.20. The van der Waals surface area contributed by atoms with Crippen LogP contribution in [0, 0.1) is 22.2 Å². The van der Waals surface area contributed by atoms with Crippen LogP contribution in [0.15, 0.2) is 11.6 Å². The molecule has 2 nitrogen and oxygen atoms in total. The largest absolute Gasteiger partial charge is 0.395 e. The number of carbonyl (C=O) groups excluding carboxylic acids is 1. The monoisotopic (exact) mass is 234 g/mol. The van der Waals surface area contributed by atoms with Crippen LogP contribution in [0.4, 0.5) is 0 Å². The molecule has 2 bridgehead atoms. The Hall–Kier alpha value is -0.630. The number of rotatable bonds is 1. The Morgan fingerprint density at radius 1 is 1.41 bits per heavy atom. The minimum absolute atomic E-state index is 0.0653. The summed E-state index contributed by atoms with van der Waals surface area (Å²) in [6.45, 7) is 6.82. The number of ketones is 1. The Kier molecular flexibility index (Phi) is 2.04. The van der Waals surface area contributed by atoms with Crippen molar-refractivity contribution in [3.8, 4) is 0 Å². The molecule has 0 radical (unpaired) electrons. The zero-order valence-corrected chi connectivity index (χ0v) is 11.0. The van der Waals surface area contributed by atoms with E-state index < -0.39 is 0 Å². The summed E-state index contributed by atoms with van der Waals surface area (Å²) in [6.07, 6.45) is 6.15. The Bertz CT molecular complexity index is 421. The fourth-order valence-electron chi connectivity index (χ4n) is 4.91. The summed E-state index contributed by atoms with van der Waals surface area (Å²) in [5.41, 5.74) is 1.40. The predicted molar refractivity (Wildman–Crippen MR) is 66.5 cm³/mol. The van der Waals surface area contributed by atoms with Gasteiger partial charge in [0.2, 0.25) is 0 Å². The average molecular weight is 234 g/mol. The van der Waals surface area contributed by atoms with E-state index in [0.717, 1.165) is 0 Å². The van der Waals surface area contributed by atoms with Gasteiger partial charge >= 0.3 is 0 Å². The van der Waals surface area contributed by atoms with Crippen molar-refractivity contribution < 1.29 is 9.90 Å². The summed E-state index contributed by atoms with van der Waals surface area (Å²) >= 11 is 0. The van der Waals surface area contributed by atoms with Crippen LogP contribution < -0.4 is 0 Å². The van der Waals surface area contributed by atoms with Crippen molar-refractivity contribution in [2.24, 2.45) is 22.2 Å². The second-order valence-electron chi connectivity index (χ2n) is 7.18. The van der Waals surface area contributed by atoms with Gasteiger partial charge < -0.3 is 5.11 Å². The highest BCUT2D eigenvalue weighted by atomic mass is 16.3. The van der Waals surface area contributed by atoms with Gasteiger partial charge in [-0.25, -0.2) is 0 Å². The average Bonchev–Trinajstić information content (AvgIpc) is 2.77. The summed E-state index contributed by atoms with van der Waals surface area (Å²) in [6, 6.07) is 0. The van der Waals surface area contributed by atoms with Gasteiger partial charge in [-0.3, -0.25) is 4.79 Å². The number of carbonyl (C=O) groups is 1. The van der Waals surface area contributed by atoms with Gasteiger partial charge in [0.05, 0.1) is 6.61 Å². The van der Waals surface area contributed by atoms with Crippen LogP contribution in [-0.4, -0.2) is 17.5 Å². The third-order valence-electron chi connectivity index (χ3n) is 6.09. The van der Waals surface area contributed by atoms with Gasteiger partial charge in [0, 0.05) is 11.8 Å². The molecule has 17 heavy (non-hydrogen) atoms. The molecule has 0 aromatic carbocycles. The standard InChI is InChI=1S/C15H22O2/c1-13(2)8-11(17)6-12-14(3,9-16)10-4-5-15(12,13)7-10/h6,10,16H,4-5,7-9H2,1-3H3/t10?,14-,15?/m0/s1. The van der Waals surface area contributed by atoms with Crippen LogP contribution in [0.2, 0.25) is 0 Å². The lowest BCUT2D eigenvalue weighted by Gasteiger charge is -2.50. The third-order valence-corrected chi connectivity index (χ3v) is 6.09. The molecular formula is C15H22O2. The fraction of sp³-hybridized carbons (Fsp3) is 0.800. The molecule has 94 valence electrons. The minimum Gasteiger partial charge on any atom is -0.395 e. The molecule has 3 aliphatic carbocycles. The molecule has 3 rings (SSSR count). The SMILES string of the molecule is CC1(C)CC(=O)C=C2C13CCC(C3)[C@]2(C)CO. The van der Waals surface area contributed by atoms with Gasteiger partial charge in [0.15, 0.2) is 5.78 Å². The summed E-state index contributed by atoms with van der Waals surface area (Å²) < 4.78 is 0. The molecule has 2 saturated carbocycles. The van der Waals surface area contributed by atoms with E-state index in [-0.39, 0.29) is 28.6 Å². The number of hydrogen-bond acceptors (Lipinski definition) is 2. The van der Waals surface area contributed by atoms with Crippen molar-refractivity contribution in [2.45, 2.75) is 46.5 Å². The summed E-state index contributed by atoms with van der Waals surface area (Å²) in [5.74, 6) is 0.826. The van der Waals surface area contributed by atoms with Gasteiger partial charge in [-0.05, 0) is 42.1 Å². The van der Waals surface area contributed by atoms with E-state index in [1.807, 2.05) is 6.08 Å². The maximum atomic E-state index is 11.9. The van der Waals surface area contributed by atoms with E-state index >= 15 is 0 Å². The van der Waals surface area contributed by atoms with Gasteiger partial charge in [-0.15, -0.1) is 0 Å². The highest BCUT2D eigenvalue weighted by Gasteiger charge is 2.66. The van der Waals surface area contributed by atoms with Gasteiger partial charge in [0.25, 0.3) is 0 Å². The first-order chi connectivity index (χ1) is 7.86. The maximum Gasteiger partial charge on any atom is 0.156 e. The summed E-state index contributed by atoms with van der Waals surface area (Å²) in [7, 11) is 0. The smallest absolute Gasteiger partial charge is 0.156 e. The molecule has 1 N–H and O–H groups in total. The molecule has 0 aromatic rings. The van der Waals surface area contributed by atoms with E-state index in [1.165, 1.54) is 24.8 Å². The maximum absolute atomic E-state index is 11.9. The molecule has 2 unspecified atom stereocenters. The first-order valence-corrected chi connectivity index (χ1v) is 6.72. The zero-order chi connectivity index (χ0) is 12.5. The molecule has 2 heteroatoms. The Labute approximate surface area is 103 Å². The zero-order valence-electron chi connectivity index (χ0n) is 11.0. The minimum atomic E-state index is -0.133. The molecule has 0 aliphatic heterocycles. The Morgan fingerprint density at radius 2 is 2.12 bits per heavy atom. The molecule has 0 amide bonds. The van der Waals surface area contributed by atoms with E-state index in [4.69, 9.17) is 0 Å². The van der Waals surface area contributed by atoms with Crippen LogP contribution in [0.1, 0.15) is 46.5 Å². The van der Waals surface area contributed by atoms with Gasteiger partial charge in [-0.1, -0.05) is 26.3 Å². The van der Waals surface area contributed by atoms with E-state index in [9.17, 15) is 9.90 Å². The highest BCUT2D eigenvalue weighted by molar-refractivity contribution is 5.93. The van der Waals surface area contributed by atoms with Gasteiger partial charge in [0.1, 0.15) is 0 Å². The molecule has 0 saturated heterocycles. The quantitative estimate of drug-likeness (QED) is 0.757. The van der Waals surface area contributed by atoms with Crippen molar-refractivity contribution in [1.29, 1.82) is 0 Å². The Morgan fingerprint density at radius 3 is 2.76 bits per heavy atom. The predicted octanol–water partition coefficient (Wildman–Crippen LogP) is 2.71. The normalized spacial score (nSPS) is 46.9. The molecule has 0 heterocycles. The second kappa shape index (κ2) is 3.03. The van der Waals surface area contributed by atoms with Crippen molar-refractivity contribution in [3.63, 3.8) is 0 Å². The first-order valence-electron chi connectivity index (χ1n) is 6.72. The highest BCUT2D eigenvalue weighted by Crippen LogP contribution is 2.73. The van der Waals surface area contributed by atoms with Crippen LogP contribution in [-0.2, 0) is 4.79 Å². The van der Waals surface area contributed by atoms with E-state index in [0.29, 0.717) is 12.3 Å². The van der Waals surface area contributed by atoms with Crippen LogP contribution in [0.5, 0.6) is 0 Å². The third kappa shape index (κ3) is 1.13. The van der Waals surface area contributed by atoms with Crippen molar-refractivity contribution in [3.05, 3.63) is 11.6 Å². The molecule has 2 fully saturated rings. The lowest BCUT2D eigenvalue weighted by Crippen LogP contribution is -2.45. The van der Waals surface area contributed by atoms with Crippen LogP contribution >= 0.6 is 0 Å². The van der Waals surface area contributed by atoms with E-state index in [2.05, 4.69) is 20.8 Å². The first kappa shape index (κ1) is 11.5. The van der Waals surface area contributed by atoms with Crippen molar-refractivity contribution >= 4 is 5.78 Å². The van der Waals surface area contributed by atoms with Gasteiger partial charge in [-0.2, -0.15) is 0 Å². The summed E-state index contributed by atoms with van der Waals surface area (Å²) in [5, 5.41) is 9.79. The molecule has 1 spiro atoms. The number of aliphatic hydroxyl groups is 1. The summed E-state index contributed by atoms with van der Waals surface area (Å²) in [4.78, 5) is 11.9. The molecule has 3 atom stereocenters. The van der Waals surface area contributed by atoms with Crippen LogP contribution in [0.3, 0.4) is 0 Å². The lowest BCUT2D eigenvalue weighted by molar-refractivity contribution is -0.119. The lowest BCUT2D eigenvalue weighted by atomic mass is 9.53. The molecule has 3 aliphatic rings. The number of allylic oxidation sites excluding steroid dienone is 1. The number of fused-ring (bicyclic) bond motifs is 1. The number of aliphatic hydroxyl groups excluding tert-OH is 1. The fourth-order valence-corrected chi connectivity index (χ4v) is 4.91. The molecule has 0 aromatic heterocycles.